The minimum Gasteiger partial charge on any atom is -0.492 e. The molecule has 0 radical (unpaired) electrons. The molecule has 2 heterocycles. The molecule has 0 bridgehead atoms. The van der Waals surface area contributed by atoms with E-state index < -0.39 is 0 Å². The number of hydrazone groups is 1. The average molecular weight is 375 g/mol. The highest BCUT2D eigenvalue weighted by atomic mass is 32.1. The van der Waals surface area contributed by atoms with Crippen molar-refractivity contribution < 1.29 is 9.47 Å². The summed E-state index contributed by atoms with van der Waals surface area (Å²) in [6, 6.07) is 7.93. The molecule has 0 amide bonds. The van der Waals surface area contributed by atoms with Gasteiger partial charge >= 0.3 is 0 Å². The second kappa shape index (κ2) is 9.12. The topological polar surface area (TPSA) is 59.0 Å². The van der Waals surface area contributed by atoms with Crippen molar-refractivity contribution in [2.24, 2.45) is 5.10 Å². The highest BCUT2D eigenvalue weighted by Gasteiger charge is 2.21. The van der Waals surface area contributed by atoms with Gasteiger partial charge in [0.2, 0.25) is 5.13 Å². The molecule has 2 unspecified atom stereocenters. The summed E-state index contributed by atoms with van der Waals surface area (Å²) >= 11 is 1.54. The highest BCUT2D eigenvalue weighted by molar-refractivity contribution is 7.13. The molecule has 7 heteroatoms. The van der Waals surface area contributed by atoms with Crippen molar-refractivity contribution in [3.05, 3.63) is 40.9 Å². The lowest BCUT2D eigenvalue weighted by Gasteiger charge is -2.35. The Hall–Kier alpha value is -1.96. The van der Waals surface area contributed by atoms with Gasteiger partial charge in [-0.2, -0.15) is 5.10 Å². The van der Waals surface area contributed by atoms with Gasteiger partial charge in [-0.25, -0.2) is 4.98 Å². The third-order valence-electron chi connectivity index (χ3n) is 4.04. The molecule has 3 rings (SSSR count). The lowest BCUT2D eigenvalue weighted by Crippen LogP contribution is -2.46. The van der Waals surface area contributed by atoms with Gasteiger partial charge in [-0.1, -0.05) is 0 Å². The van der Waals surface area contributed by atoms with Gasteiger partial charge in [-0.05, 0) is 50.6 Å². The van der Waals surface area contributed by atoms with Gasteiger partial charge in [0.25, 0.3) is 0 Å². The van der Waals surface area contributed by atoms with Crippen molar-refractivity contribution in [3.63, 3.8) is 0 Å². The van der Waals surface area contributed by atoms with E-state index in [-0.39, 0.29) is 0 Å². The number of ether oxygens (including phenoxy) is 2. The largest absolute Gasteiger partial charge is 0.492 e. The number of anilines is 1. The number of hydrogen-bond acceptors (Lipinski definition) is 7. The summed E-state index contributed by atoms with van der Waals surface area (Å²) in [5, 5.41) is 6.99. The normalized spacial score (nSPS) is 21.2. The summed E-state index contributed by atoms with van der Waals surface area (Å²) in [4.78, 5) is 6.69. The van der Waals surface area contributed by atoms with Crippen LogP contribution in [-0.4, -0.2) is 54.5 Å². The molecule has 1 saturated heterocycles. The molecule has 1 N–H and O–H groups in total. The Morgan fingerprint density at radius 3 is 2.69 bits per heavy atom. The van der Waals surface area contributed by atoms with Crippen molar-refractivity contribution in [2.75, 3.05) is 31.7 Å². The van der Waals surface area contributed by atoms with Crippen LogP contribution < -0.4 is 10.2 Å². The van der Waals surface area contributed by atoms with E-state index in [0.29, 0.717) is 18.8 Å². The molecule has 0 spiro atoms. The molecule has 1 aromatic carbocycles. The first kappa shape index (κ1) is 18.8. The number of rotatable bonds is 7. The SMILES string of the molecule is Cc1csc(NN=Cc2ccc(OCCN3CC(C)OC(C)C3)cc2)n1. The van der Waals surface area contributed by atoms with Gasteiger partial charge in [0.15, 0.2) is 0 Å². The minimum absolute atomic E-state index is 0.291. The molecule has 26 heavy (non-hydrogen) atoms. The Morgan fingerprint density at radius 1 is 1.31 bits per heavy atom. The number of hydrogen-bond donors (Lipinski definition) is 1. The van der Waals surface area contributed by atoms with Gasteiger partial charge < -0.3 is 9.47 Å². The summed E-state index contributed by atoms with van der Waals surface area (Å²) in [6.07, 6.45) is 2.36. The Bertz CT molecular complexity index is 707. The van der Waals surface area contributed by atoms with E-state index in [4.69, 9.17) is 9.47 Å². The lowest BCUT2D eigenvalue weighted by molar-refractivity contribution is -0.0699. The van der Waals surface area contributed by atoms with E-state index in [9.17, 15) is 0 Å². The summed E-state index contributed by atoms with van der Waals surface area (Å²) in [5.41, 5.74) is 4.94. The zero-order valence-electron chi connectivity index (χ0n) is 15.5. The number of thiazole rings is 1. The van der Waals surface area contributed by atoms with E-state index in [1.165, 1.54) is 0 Å². The number of nitrogens with zero attached hydrogens (tertiary/aromatic N) is 3. The van der Waals surface area contributed by atoms with Crippen LogP contribution in [0.15, 0.2) is 34.7 Å². The molecule has 0 aliphatic carbocycles. The zero-order valence-corrected chi connectivity index (χ0v) is 16.3. The van der Waals surface area contributed by atoms with E-state index in [2.05, 4.69) is 34.3 Å². The molecule has 140 valence electrons. The molecular weight excluding hydrogens is 348 g/mol. The predicted octanol–water partition coefficient (Wildman–Crippen LogP) is 3.39. The van der Waals surface area contributed by atoms with E-state index >= 15 is 0 Å². The average Bonchev–Trinajstić information content (AvgIpc) is 3.01. The fourth-order valence-corrected chi connectivity index (χ4v) is 3.61. The van der Waals surface area contributed by atoms with Gasteiger partial charge in [0.1, 0.15) is 12.4 Å². The van der Waals surface area contributed by atoms with Crippen LogP contribution in [0.4, 0.5) is 5.13 Å². The molecule has 1 aliphatic heterocycles. The van der Waals surface area contributed by atoms with Crippen LogP contribution in [0.2, 0.25) is 0 Å². The van der Waals surface area contributed by atoms with E-state index in [0.717, 1.165) is 41.8 Å². The quantitative estimate of drug-likeness (QED) is 0.595. The second-order valence-electron chi connectivity index (χ2n) is 6.60. The number of nitrogens with one attached hydrogen (secondary N) is 1. The minimum atomic E-state index is 0.291. The smallest absolute Gasteiger partial charge is 0.203 e. The Kier molecular flexibility index (Phi) is 6.60. The first-order valence-electron chi connectivity index (χ1n) is 8.90. The van der Waals surface area contributed by atoms with E-state index in [1.54, 1.807) is 17.6 Å². The maximum atomic E-state index is 5.86. The summed E-state index contributed by atoms with van der Waals surface area (Å²) in [7, 11) is 0. The molecular formula is C19H26N4O2S. The van der Waals surface area contributed by atoms with Gasteiger partial charge in [-0.3, -0.25) is 10.3 Å². The van der Waals surface area contributed by atoms with Gasteiger partial charge in [0, 0.05) is 25.0 Å². The third kappa shape index (κ3) is 5.79. The fraction of sp³-hybridized carbons (Fsp3) is 0.474. The van der Waals surface area contributed by atoms with Crippen molar-refractivity contribution in [1.29, 1.82) is 0 Å². The second-order valence-corrected chi connectivity index (χ2v) is 7.46. The number of aromatic nitrogens is 1. The molecule has 2 aromatic rings. The van der Waals surface area contributed by atoms with Crippen LogP contribution in [0.5, 0.6) is 5.75 Å². The van der Waals surface area contributed by atoms with Crippen LogP contribution in [0.1, 0.15) is 25.1 Å². The number of morpholine rings is 1. The summed E-state index contributed by atoms with van der Waals surface area (Å²) in [6.45, 7) is 9.73. The van der Waals surface area contributed by atoms with Crippen LogP contribution in [0.3, 0.4) is 0 Å². The Labute approximate surface area is 158 Å². The summed E-state index contributed by atoms with van der Waals surface area (Å²) in [5.74, 6) is 0.875. The van der Waals surface area contributed by atoms with Crippen molar-refractivity contribution in [3.8, 4) is 5.75 Å². The van der Waals surface area contributed by atoms with Crippen LogP contribution >= 0.6 is 11.3 Å². The monoisotopic (exact) mass is 374 g/mol. The van der Waals surface area contributed by atoms with Crippen molar-refractivity contribution in [1.82, 2.24) is 9.88 Å². The van der Waals surface area contributed by atoms with Gasteiger partial charge in [0.05, 0.1) is 24.1 Å². The first-order chi connectivity index (χ1) is 12.6. The molecule has 6 nitrogen and oxygen atoms in total. The highest BCUT2D eigenvalue weighted by Crippen LogP contribution is 2.15. The maximum absolute atomic E-state index is 5.86. The molecule has 1 aliphatic rings. The predicted molar refractivity (Wildman–Crippen MR) is 106 cm³/mol. The Morgan fingerprint density at radius 2 is 2.04 bits per heavy atom. The van der Waals surface area contributed by atoms with Crippen LogP contribution in [0.25, 0.3) is 0 Å². The van der Waals surface area contributed by atoms with Crippen molar-refractivity contribution >= 4 is 22.7 Å². The van der Waals surface area contributed by atoms with Gasteiger partial charge in [-0.15, -0.1) is 11.3 Å². The third-order valence-corrected chi connectivity index (χ3v) is 4.91. The Balaban J connectivity index is 1.41. The standard InChI is InChI=1S/C19H26N4O2S/c1-14-13-26-19(21-14)22-20-10-17-4-6-18(7-5-17)24-9-8-23-11-15(2)25-16(3)12-23/h4-7,10,13,15-16H,8-9,11-12H2,1-3H3,(H,21,22). The van der Waals surface area contributed by atoms with Crippen molar-refractivity contribution in [2.45, 2.75) is 33.0 Å². The molecule has 2 atom stereocenters. The molecule has 1 aromatic heterocycles. The van der Waals surface area contributed by atoms with Crippen LogP contribution in [-0.2, 0) is 4.74 Å². The maximum Gasteiger partial charge on any atom is 0.203 e. The summed E-state index contributed by atoms with van der Waals surface area (Å²) < 4.78 is 11.6. The molecule has 1 fully saturated rings. The number of aryl methyl sites for hydroxylation is 1. The fourth-order valence-electron chi connectivity index (χ4n) is 2.98. The number of benzene rings is 1. The van der Waals surface area contributed by atoms with Crippen LogP contribution in [0, 0.1) is 6.92 Å². The zero-order chi connectivity index (χ0) is 18.4. The molecule has 0 saturated carbocycles. The first-order valence-corrected chi connectivity index (χ1v) is 9.78. The lowest BCUT2D eigenvalue weighted by atomic mass is 10.2. The van der Waals surface area contributed by atoms with E-state index in [1.807, 2.05) is 36.6 Å².